The molecule has 0 amide bonds. The van der Waals surface area contributed by atoms with E-state index in [0.717, 1.165) is 26.6 Å². The summed E-state index contributed by atoms with van der Waals surface area (Å²) in [7, 11) is 0.769. The van der Waals surface area contributed by atoms with Gasteiger partial charge < -0.3 is 9.84 Å². The van der Waals surface area contributed by atoms with Crippen molar-refractivity contribution >= 4 is 14.8 Å². The van der Waals surface area contributed by atoms with Crippen LogP contribution in [0.25, 0.3) is 6.08 Å². The first kappa shape index (κ1) is 13.2. The Morgan fingerprint density at radius 2 is 2.38 bits per heavy atom. The Bertz CT molecular complexity index is 329. The monoisotopic (exact) mass is 239 g/mol. The molecule has 1 aromatic rings. The molecule has 1 atom stereocenters. The number of hydrogen-bond donors (Lipinski definition) is 2. The molecule has 0 aromatic heterocycles. The lowest BCUT2D eigenvalue weighted by Crippen LogP contribution is -2.01. The molecular weight excluding hydrogens is 221 g/mol. The number of aliphatic hydroxyl groups excluding tert-OH is 1. The van der Waals surface area contributed by atoms with Gasteiger partial charge in [0.25, 0.3) is 0 Å². The Hall–Kier alpha value is -0.890. The Kier molecular flexibility index (Phi) is 6.82. The highest BCUT2D eigenvalue weighted by Gasteiger charge is 1.93. The summed E-state index contributed by atoms with van der Waals surface area (Å²) in [6.07, 6.45) is 4.14. The Labute approximate surface area is 98.4 Å². The summed E-state index contributed by atoms with van der Waals surface area (Å²) in [6.45, 7) is 3.38. The zero-order valence-corrected chi connectivity index (χ0v) is 10.4. The second-order valence-electron chi connectivity index (χ2n) is 3.18. The fourth-order valence-corrected chi connectivity index (χ4v) is 1.55. The van der Waals surface area contributed by atoms with Gasteiger partial charge in [-0.1, -0.05) is 33.0 Å². The van der Waals surface area contributed by atoms with Crippen LogP contribution in [0.1, 0.15) is 5.56 Å². The van der Waals surface area contributed by atoms with E-state index < -0.39 is 0 Å². The molecule has 4 heteroatoms. The van der Waals surface area contributed by atoms with E-state index in [-0.39, 0.29) is 6.61 Å². The number of benzene rings is 1. The standard InChI is InChI=1S/C12H18NO2P/c1-16-13-7-3-5-11-4-2-6-12(10-11)15-9-8-14/h2-6,10,13-14,16H,7-9H2,1H3/b5-3+. The van der Waals surface area contributed by atoms with Crippen molar-refractivity contribution in [2.45, 2.75) is 0 Å². The van der Waals surface area contributed by atoms with E-state index in [1.54, 1.807) is 0 Å². The van der Waals surface area contributed by atoms with Crippen molar-refractivity contribution in [2.24, 2.45) is 0 Å². The summed E-state index contributed by atoms with van der Waals surface area (Å²) in [5.74, 6) is 0.793. The summed E-state index contributed by atoms with van der Waals surface area (Å²) in [4.78, 5) is 0. The van der Waals surface area contributed by atoms with Crippen molar-refractivity contribution in [1.29, 1.82) is 0 Å². The van der Waals surface area contributed by atoms with Crippen LogP contribution in [0.4, 0.5) is 0 Å². The van der Waals surface area contributed by atoms with Crippen molar-refractivity contribution in [3.63, 3.8) is 0 Å². The molecule has 16 heavy (non-hydrogen) atoms. The smallest absolute Gasteiger partial charge is 0.120 e. The van der Waals surface area contributed by atoms with Gasteiger partial charge >= 0.3 is 0 Å². The molecule has 0 heterocycles. The van der Waals surface area contributed by atoms with Gasteiger partial charge in [-0.15, -0.1) is 0 Å². The maximum absolute atomic E-state index is 8.65. The van der Waals surface area contributed by atoms with Crippen molar-refractivity contribution in [3.05, 3.63) is 35.9 Å². The summed E-state index contributed by atoms with van der Waals surface area (Å²) < 4.78 is 5.33. The second kappa shape index (κ2) is 8.28. The molecule has 1 rings (SSSR count). The van der Waals surface area contributed by atoms with Gasteiger partial charge in [-0.2, -0.15) is 0 Å². The largest absolute Gasteiger partial charge is 0.491 e. The number of aliphatic hydroxyl groups is 1. The molecule has 88 valence electrons. The lowest BCUT2D eigenvalue weighted by Gasteiger charge is -2.04. The molecule has 0 aliphatic carbocycles. The molecule has 1 unspecified atom stereocenters. The molecule has 0 aliphatic heterocycles. The summed E-state index contributed by atoms with van der Waals surface area (Å²) in [5.41, 5.74) is 1.11. The van der Waals surface area contributed by atoms with Crippen LogP contribution >= 0.6 is 8.73 Å². The van der Waals surface area contributed by atoms with E-state index in [9.17, 15) is 0 Å². The van der Waals surface area contributed by atoms with Gasteiger partial charge in [0.1, 0.15) is 12.4 Å². The first-order chi connectivity index (χ1) is 7.86. The van der Waals surface area contributed by atoms with Crippen LogP contribution in [-0.4, -0.2) is 31.5 Å². The van der Waals surface area contributed by atoms with Crippen LogP contribution in [0.3, 0.4) is 0 Å². The minimum atomic E-state index is 0.0431. The highest BCUT2D eigenvalue weighted by atomic mass is 31.1. The summed E-state index contributed by atoms with van der Waals surface area (Å²) >= 11 is 0. The molecule has 0 saturated heterocycles. The first-order valence-corrected chi connectivity index (χ1v) is 6.76. The number of nitrogens with one attached hydrogen (secondary N) is 1. The average molecular weight is 239 g/mol. The fourth-order valence-electron chi connectivity index (χ4n) is 1.23. The molecule has 3 nitrogen and oxygen atoms in total. The SMILES string of the molecule is CPNC/C=C/c1cccc(OCCO)c1. The maximum Gasteiger partial charge on any atom is 0.120 e. The lowest BCUT2D eigenvalue weighted by molar-refractivity contribution is 0.201. The van der Waals surface area contributed by atoms with Gasteiger partial charge in [0.15, 0.2) is 0 Å². The fraction of sp³-hybridized carbons (Fsp3) is 0.333. The number of rotatable bonds is 7. The Balaban J connectivity index is 2.49. The van der Waals surface area contributed by atoms with Crippen molar-refractivity contribution in [3.8, 4) is 5.75 Å². The Morgan fingerprint density at radius 1 is 1.50 bits per heavy atom. The molecule has 0 bridgehead atoms. The predicted molar refractivity (Wildman–Crippen MR) is 70.3 cm³/mol. The van der Waals surface area contributed by atoms with Gasteiger partial charge in [-0.05, 0) is 24.4 Å². The number of hydrogen-bond acceptors (Lipinski definition) is 3. The van der Waals surface area contributed by atoms with Crippen LogP contribution < -0.4 is 9.82 Å². The lowest BCUT2D eigenvalue weighted by atomic mass is 10.2. The van der Waals surface area contributed by atoms with Crippen LogP contribution in [0, 0.1) is 0 Å². The quantitative estimate of drug-likeness (QED) is 0.564. The summed E-state index contributed by atoms with van der Waals surface area (Å²) in [5, 5.41) is 11.9. The van der Waals surface area contributed by atoms with Gasteiger partial charge in [0.05, 0.1) is 6.61 Å². The predicted octanol–water partition coefficient (Wildman–Crippen LogP) is 1.88. The minimum Gasteiger partial charge on any atom is -0.491 e. The third kappa shape index (κ3) is 5.26. The molecule has 0 saturated carbocycles. The average Bonchev–Trinajstić information content (AvgIpc) is 2.33. The van der Waals surface area contributed by atoms with E-state index in [2.05, 4.69) is 23.9 Å². The topological polar surface area (TPSA) is 41.5 Å². The van der Waals surface area contributed by atoms with E-state index >= 15 is 0 Å². The third-order valence-corrected chi connectivity index (χ3v) is 2.48. The van der Waals surface area contributed by atoms with E-state index in [4.69, 9.17) is 9.84 Å². The molecule has 1 aromatic carbocycles. The third-order valence-electron chi connectivity index (χ3n) is 1.93. The molecule has 0 fully saturated rings. The van der Waals surface area contributed by atoms with Crippen LogP contribution in [0.5, 0.6) is 5.75 Å². The molecule has 0 aliphatic rings. The van der Waals surface area contributed by atoms with Gasteiger partial charge in [-0.3, -0.25) is 5.09 Å². The first-order valence-electron chi connectivity index (χ1n) is 5.26. The molecule has 0 radical (unpaired) electrons. The van der Waals surface area contributed by atoms with E-state index in [0.29, 0.717) is 6.61 Å². The van der Waals surface area contributed by atoms with Crippen molar-refractivity contribution in [2.75, 3.05) is 26.4 Å². The summed E-state index contributed by atoms with van der Waals surface area (Å²) in [6, 6.07) is 7.82. The minimum absolute atomic E-state index is 0.0431. The van der Waals surface area contributed by atoms with Crippen molar-refractivity contribution in [1.82, 2.24) is 5.09 Å². The zero-order valence-electron chi connectivity index (χ0n) is 9.44. The highest BCUT2D eigenvalue weighted by Crippen LogP contribution is 2.14. The molecule has 2 N–H and O–H groups in total. The van der Waals surface area contributed by atoms with Crippen LogP contribution in [0.2, 0.25) is 0 Å². The van der Waals surface area contributed by atoms with Crippen LogP contribution in [-0.2, 0) is 0 Å². The molecule has 0 spiro atoms. The van der Waals surface area contributed by atoms with Gasteiger partial charge in [-0.25, -0.2) is 0 Å². The number of ether oxygens (including phenoxy) is 1. The normalized spacial score (nSPS) is 11.6. The van der Waals surface area contributed by atoms with E-state index in [1.165, 1.54) is 0 Å². The van der Waals surface area contributed by atoms with Crippen LogP contribution in [0.15, 0.2) is 30.3 Å². The van der Waals surface area contributed by atoms with Gasteiger partial charge in [0.2, 0.25) is 0 Å². The van der Waals surface area contributed by atoms with Crippen molar-refractivity contribution < 1.29 is 9.84 Å². The van der Waals surface area contributed by atoms with E-state index in [1.807, 2.05) is 24.3 Å². The highest BCUT2D eigenvalue weighted by molar-refractivity contribution is 7.34. The maximum atomic E-state index is 8.65. The Morgan fingerprint density at radius 3 is 3.12 bits per heavy atom. The van der Waals surface area contributed by atoms with Gasteiger partial charge in [0, 0.05) is 6.54 Å². The zero-order chi connectivity index (χ0) is 11.6. The second-order valence-corrected chi connectivity index (χ2v) is 4.03. The molecular formula is C12H18NO2P.